The average molecular weight is 365 g/mol. The SMILES string of the molecule is CCOc1nc(C)c(NC(=O)c2c(OCC)ccc3ccccc23)c(C)n1. The Morgan fingerprint density at radius 3 is 2.30 bits per heavy atom. The van der Waals surface area contributed by atoms with Gasteiger partial charge in [-0.05, 0) is 44.5 Å². The lowest BCUT2D eigenvalue weighted by Gasteiger charge is -2.15. The van der Waals surface area contributed by atoms with Gasteiger partial charge in [-0.15, -0.1) is 0 Å². The quantitative estimate of drug-likeness (QED) is 0.705. The van der Waals surface area contributed by atoms with Crippen LogP contribution in [-0.2, 0) is 0 Å². The normalized spacial score (nSPS) is 10.7. The highest BCUT2D eigenvalue weighted by atomic mass is 16.5. The summed E-state index contributed by atoms with van der Waals surface area (Å²) < 4.78 is 11.1. The fourth-order valence-corrected chi connectivity index (χ4v) is 3.00. The number of amides is 1. The lowest BCUT2D eigenvalue weighted by molar-refractivity contribution is 0.102. The van der Waals surface area contributed by atoms with Crippen molar-refractivity contribution in [1.82, 2.24) is 9.97 Å². The van der Waals surface area contributed by atoms with E-state index in [0.717, 1.165) is 10.8 Å². The number of nitrogens with one attached hydrogen (secondary N) is 1. The molecule has 3 aromatic rings. The van der Waals surface area contributed by atoms with Gasteiger partial charge in [0.2, 0.25) is 0 Å². The van der Waals surface area contributed by atoms with Crippen LogP contribution in [0.2, 0.25) is 0 Å². The number of anilines is 1. The summed E-state index contributed by atoms with van der Waals surface area (Å²) in [7, 11) is 0. The molecule has 1 heterocycles. The van der Waals surface area contributed by atoms with Crippen molar-refractivity contribution < 1.29 is 14.3 Å². The zero-order valence-corrected chi connectivity index (χ0v) is 16.0. The maximum absolute atomic E-state index is 13.2. The largest absolute Gasteiger partial charge is 0.493 e. The van der Waals surface area contributed by atoms with Gasteiger partial charge in [-0.3, -0.25) is 4.79 Å². The van der Waals surface area contributed by atoms with Crippen molar-refractivity contribution in [2.24, 2.45) is 0 Å². The number of hydrogen-bond acceptors (Lipinski definition) is 5. The minimum Gasteiger partial charge on any atom is -0.493 e. The second-order valence-corrected chi connectivity index (χ2v) is 6.03. The van der Waals surface area contributed by atoms with Crippen molar-refractivity contribution in [2.45, 2.75) is 27.7 Å². The van der Waals surface area contributed by atoms with Crippen LogP contribution in [0.5, 0.6) is 11.8 Å². The zero-order valence-electron chi connectivity index (χ0n) is 16.0. The van der Waals surface area contributed by atoms with Gasteiger partial charge in [0, 0.05) is 0 Å². The summed E-state index contributed by atoms with van der Waals surface area (Å²) in [6, 6.07) is 11.8. The molecule has 0 bridgehead atoms. The van der Waals surface area contributed by atoms with E-state index in [2.05, 4.69) is 15.3 Å². The Morgan fingerprint density at radius 1 is 0.963 bits per heavy atom. The Bertz CT molecular complexity index is 963. The molecule has 27 heavy (non-hydrogen) atoms. The Labute approximate surface area is 158 Å². The molecule has 0 spiro atoms. The third-order valence-electron chi connectivity index (χ3n) is 4.18. The smallest absolute Gasteiger partial charge is 0.316 e. The van der Waals surface area contributed by atoms with Gasteiger partial charge >= 0.3 is 6.01 Å². The van der Waals surface area contributed by atoms with Crippen LogP contribution in [0.3, 0.4) is 0 Å². The summed E-state index contributed by atoms with van der Waals surface area (Å²) in [6.07, 6.45) is 0. The number of hydrogen-bond donors (Lipinski definition) is 1. The highest BCUT2D eigenvalue weighted by Crippen LogP contribution is 2.30. The van der Waals surface area contributed by atoms with E-state index < -0.39 is 0 Å². The first-order valence-corrected chi connectivity index (χ1v) is 8.99. The van der Waals surface area contributed by atoms with Gasteiger partial charge in [0.05, 0.1) is 35.9 Å². The Balaban J connectivity index is 2.03. The van der Waals surface area contributed by atoms with Crippen LogP contribution in [0.15, 0.2) is 36.4 Å². The van der Waals surface area contributed by atoms with E-state index in [1.54, 1.807) is 0 Å². The molecule has 1 amide bonds. The number of aromatic nitrogens is 2. The van der Waals surface area contributed by atoms with Gasteiger partial charge in [0.15, 0.2) is 0 Å². The van der Waals surface area contributed by atoms with Crippen LogP contribution < -0.4 is 14.8 Å². The zero-order chi connectivity index (χ0) is 19.4. The van der Waals surface area contributed by atoms with Crippen molar-refractivity contribution in [3.05, 3.63) is 53.3 Å². The van der Waals surface area contributed by atoms with E-state index in [1.807, 2.05) is 64.1 Å². The summed E-state index contributed by atoms with van der Waals surface area (Å²) >= 11 is 0. The van der Waals surface area contributed by atoms with Gasteiger partial charge in [0.25, 0.3) is 5.91 Å². The molecule has 140 valence electrons. The second-order valence-electron chi connectivity index (χ2n) is 6.03. The molecular formula is C21H23N3O3. The van der Waals surface area contributed by atoms with Crippen molar-refractivity contribution in [2.75, 3.05) is 18.5 Å². The highest BCUT2D eigenvalue weighted by molar-refractivity contribution is 6.15. The first-order chi connectivity index (χ1) is 13.0. The van der Waals surface area contributed by atoms with Crippen molar-refractivity contribution in [3.8, 4) is 11.8 Å². The van der Waals surface area contributed by atoms with Crippen LogP contribution >= 0.6 is 0 Å². The van der Waals surface area contributed by atoms with Gasteiger partial charge in [-0.2, -0.15) is 9.97 Å². The molecule has 2 aromatic carbocycles. The van der Waals surface area contributed by atoms with Crippen LogP contribution in [0.1, 0.15) is 35.6 Å². The van der Waals surface area contributed by atoms with E-state index in [-0.39, 0.29) is 5.91 Å². The fraction of sp³-hybridized carbons (Fsp3) is 0.286. The minimum absolute atomic E-state index is 0.255. The summed E-state index contributed by atoms with van der Waals surface area (Å²) in [6.45, 7) is 8.37. The van der Waals surface area contributed by atoms with E-state index in [0.29, 0.717) is 47.6 Å². The third-order valence-corrected chi connectivity index (χ3v) is 4.18. The molecule has 0 aliphatic heterocycles. The van der Waals surface area contributed by atoms with E-state index in [1.165, 1.54) is 0 Å². The Hall–Kier alpha value is -3.15. The van der Waals surface area contributed by atoms with Crippen LogP contribution in [0, 0.1) is 13.8 Å². The second kappa shape index (κ2) is 8.03. The molecule has 0 saturated heterocycles. The molecule has 0 atom stereocenters. The van der Waals surface area contributed by atoms with Crippen LogP contribution in [-0.4, -0.2) is 29.1 Å². The van der Waals surface area contributed by atoms with Crippen molar-refractivity contribution in [3.63, 3.8) is 0 Å². The molecule has 1 N–H and O–H groups in total. The summed E-state index contributed by atoms with van der Waals surface area (Å²) in [4.78, 5) is 21.8. The van der Waals surface area contributed by atoms with E-state index in [9.17, 15) is 4.79 Å². The van der Waals surface area contributed by atoms with Gasteiger partial charge in [0.1, 0.15) is 5.75 Å². The lowest BCUT2D eigenvalue weighted by atomic mass is 10.0. The average Bonchev–Trinajstić information content (AvgIpc) is 2.65. The molecule has 0 aliphatic carbocycles. The first kappa shape index (κ1) is 18.6. The highest BCUT2D eigenvalue weighted by Gasteiger charge is 2.19. The number of ether oxygens (including phenoxy) is 2. The molecular weight excluding hydrogens is 342 g/mol. The number of fused-ring (bicyclic) bond motifs is 1. The minimum atomic E-state index is -0.255. The van der Waals surface area contributed by atoms with Gasteiger partial charge in [-0.1, -0.05) is 30.3 Å². The topological polar surface area (TPSA) is 73.3 Å². The standard InChI is InChI=1S/C21H23N3O3/c1-5-26-17-12-11-15-9-7-8-10-16(15)18(17)20(25)24-19-13(3)22-21(27-6-2)23-14(19)4/h7-12H,5-6H2,1-4H3,(H,24,25). The van der Waals surface area contributed by atoms with Gasteiger partial charge < -0.3 is 14.8 Å². The van der Waals surface area contributed by atoms with E-state index >= 15 is 0 Å². The maximum atomic E-state index is 13.2. The Morgan fingerprint density at radius 2 is 1.63 bits per heavy atom. The predicted octanol–water partition coefficient (Wildman–Crippen LogP) is 4.30. The van der Waals surface area contributed by atoms with Crippen molar-refractivity contribution in [1.29, 1.82) is 0 Å². The lowest BCUT2D eigenvalue weighted by Crippen LogP contribution is -2.17. The third kappa shape index (κ3) is 3.84. The number of nitrogens with zero attached hydrogens (tertiary/aromatic N) is 2. The predicted molar refractivity (Wildman–Crippen MR) is 106 cm³/mol. The monoisotopic (exact) mass is 365 g/mol. The molecule has 0 fully saturated rings. The molecule has 0 radical (unpaired) electrons. The molecule has 3 rings (SSSR count). The van der Waals surface area contributed by atoms with E-state index in [4.69, 9.17) is 9.47 Å². The number of rotatable bonds is 6. The Kier molecular flexibility index (Phi) is 5.54. The number of aryl methyl sites for hydroxylation is 2. The summed E-state index contributed by atoms with van der Waals surface area (Å²) in [5.74, 6) is 0.296. The number of carbonyl (C=O) groups is 1. The molecule has 6 heteroatoms. The maximum Gasteiger partial charge on any atom is 0.316 e. The first-order valence-electron chi connectivity index (χ1n) is 8.99. The molecule has 0 saturated carbocycles. The summed E-state index contributed by atoms with van der Waals surface area (Å²) in [5.41, 5.74) is 2.39. The number of benzene rings is 2. The van der Waals surface area contributed by atoms with Crippen LogP contribution in [0.4, 0.5) is 5.69 Å². The van der Waals surface area contributed by atoms with Crippen LogP contribution in [0.25, 0.3) is 10.8 Å². The summed E-state index contributed by atoms with van der Waals surface area (Å²) in [5, 5.41) is 4.77. The van der Waals surface area contributed by atoms with Gasteiger partial charge in [-0.25, -0.2) is 0 Å². The molecule has 0 aliphatic rings. The van der Waals surface area contributed by atoms with Crippen molar-refractivity contribution >= 4 is 22.4 Å². The molecule has 0 unspecified atom stereocenters. The number of carbonyl (C=O) groups excluding carboxylic acids is 1. The molecule has 6 nitrogen and oxygen atoms in total. The fourth-order valence-electron chi connectivity index (χ4n) is 3.00. The molecule has 1 aromatic heterocycles.